The molecule has 0 bridgehead atoms. The van der Waals surface area contributed by atoms with E-state index in [1.807, 2.05) is 36.4 Å². The highest BCUT2D eigenvalue weighted by Crippen LogP contribution is 2.30. The van der Waals surface area contributed by atoms with Gasteiger partial charge in [0.25, 0.3) is 0 Å². The smallest absolute Gasteiger partial charge is 0.357 e. The first-order valence-electron chi connectivity index (χ1n) is 9.19. The highest BCUT2D eigenvalue weighted by atomic mass is 16.5. The zero-order valence-corrected chi connectivity index (χ0v) is 16.7. The largest absolute Gasteiger partial charge is 0.497 e. The van der Waals surface area contributed by atoms with Crippen LogP contribution in [0.5, 0.6) is 11.5 Å². The summed E-state index contributed by atoms with van der Waals surface area (Å²) in [6.45, 7) is 2.99. The molecule has 0 aliphatic carbocycles. The zero-order valence-electron chi connectivity index (χ0n) is 16.7. The summed E-state index contributed by atoms with van der Waals surface area (Å²) in [5, 5.41) is 9.11. The molecule has 0 spiro atoms. The van der Waals surface area contributed by atoms with Gasteiger partial charge in [0.05, 0.1) is 20.8 Å². The molecule has 7 heteroatoms. The summed E-state index contributed by atoms with van der Waals surface area (Å²) >= 11 is 0. The molecule has 0 saturated heterocycles. The van der Waals surface area contributed by atoms with Crippen LogP contribution >= 0.6 is 0 Å². The molecule has 1 N–H and O–H groups in total. The summed E-state index contributed by atoms with van der Waals surface area (Å²) in [5.74, 6) is 0.664. The average Bonchev–Trinajstić information content (AvgIpc) is 3.22. The van der Waals surface area contributed by atoms with E-state index in [1.165, 1.54) is 0 Å². The maximum Gasteiger partial charge on any atom is 0.357 e. The molecule has 3 rings (SSSR count). The van der Waals surface area contributed by atoms with Gasteiger partial charge in [-0.05, 0) is 18.6 Å². The predicted molar refractivity (Wildman–Crippen MR) is 107 cm³/mol. The lowest BCUT2D eigenvalue weighted by Gasteiger charge is -2.29. The molecule has 3 aromatic rings. The van der Waals surface area contributed by atoms with Crippen molar-refractivity contribution in [2.24, 2.45) is 0 Å². The SMILES string of the molecule is COc1ccc(CN(Cc2nc(C(=O)O)co2)C(C)c2ccccc2)c(OC)c1. The molecule has 1 unspecified atom stereocenters. The molecule has 0 radical (unpaired) electrons. The molecule has 1 aromatic heterocycles. The van der Waals surface area contributed by atoms with Gasteiger partial charge in [0.2, 0.25) is 5.89 Å². The van der Waals surface area contributed by atoms with E-state index >= 15 is 0 Å². The van der Waals surface area contributed by atoms with Gasteiger partial charge >= 0.3 is 5.97 Å². The van der Waals surface area contributed by atoms with Crippen molar-refractivity contribution in [1.29, 1.82) is 0 Å². The first-order valence-corrected chi connectivity index (χ1v) is 9.19. The van der Waals surface area contributed by atoms with Gasteiger partial charge in [0.1, 0.15) is 17.8 Å². The highest BCUT2D eigenvalue weighted by Gasteiger charge is 2.21. The number of methoxy groups -OCH3 is 2. The fourth-order valence-electron chi connectivity index (χ4n) is 3.13. The van der Waals surface area contributed by atoms with Crippen LogP contribution in [-0.4, -0.2) is 35.2 Å². The molecule has 0 amide bonds. The highest BCUT2D eigenvalue weighted by molar-refractivity contribution is 5.84. The van der Waals surface area contributed by atoms with Gasteiger partial charge in [0.15, 0.2) is 5.69 Å². The lowest BCUT2D eigenvalue weighted by Crippen LogP contribution is -2.26. The summed E-state index contributed by atoms with van der Waals surface area (Å²) in [5.41, 5.74) is 2.00. The number of carboxylic acid groups (broad SMARTS) is 1. The third-order valence-corrected chi connectivity index (χ3v) is 4.81. The number of carbonyl (C=O) groups is 1. The number of hydrogen-bond acceptors (Lipinski definition) is 6. The van der Waals surface area contributed by atoms with Crippen LogP contribution in [0, 0.1) is 0 Å². The second kappa shape index (κ2) is 9.25. The molecule has 0 aliphatic heterocycles. The molecular weight excluding hydrogens is 372 g/mol. The van der Waals surface area contributed by atoms with Crippen LogP contribution in [0.25, 0.3) is 0 Å². The Morgan fingerprint density at radius 1 is 1.14 bits per heavy atom. The summed E-state index contributed by atoms with van der Waals surface area (Å²) in [7, 11) is 3.23. The van der Waals surface area contributed by atoms with Crippen LogP contribution in [0.2, 0.25) is 0 Å². The Morgan fingerprint density at radius 2 is 1.90 bits per heavy atom. The van der Waals surface area contributed by atoms with E-state index in [1.54, 1.807) is 14.2 Å². The van der Waals surface area contributed by atoms with Crippen LogP contribution in [0.15, 0.2) is 59.2 Å². The van der Waals surface area contributed by atoms with Crippen molar-refractivity contribution in [2.45, 2.75) is 26.1 Å². The summed E-state index contributed by atoms with van der Waals surface area (Å²) in [6, 6.07) is 15.8. The maximum absolute atomic E-state index is 11.1. The van der Waals surface area contributed by atoms with Crippen molar-refractivity contribution in [3.05, 3.63) is 77.5 Å². The number of oxazole rings is 1. The van der Waals surface area contributed by atoms with E-state index < -0.39 is 5.97 Å². The molecule has 152 valence electrons. The van der Waals surface area contributed by atoms with Gasteiger partial charge in [-0.1, -0.05) is 36.4 Å². The number of nitrogens with zero attached hydrogens (tertiary/aromatic N) is 2. The molecule has 2 aromatic carbocycles. The molecule has 1 atom stereocenters. The van der Waals surface area contributed by atoms with Crippen molar-refractivity contribution >= 4 is 5.97 Å². The molecule has 7 nitrogen and oxygen atoms in total. The predicted octanol–water partition coefficient (Wildman–Crippen LogP) is 4.15. The van der Waals surface area contributed by atoms with Crippen molar-refractivity contribution in [3.63, 3.8) is 0 Å². The Labute approximate surface area is 169 Å². The zero-order chi connectivity index (χ0) is 20.8. The normalized spacial score (nSPS) is 12.0. The summed E-state index contributed by atoms with van der Waals surface area (Å²) in [4.78, 5) is 17.4. The van der Waals surface area contributed by atoms with E-state index in [0.717, 1.165) is 17.4 Å². The van der Waals surface area contributed by atoms with E-state index in [0.29, 0.717) is 30.5 Å². The Bertz CT molecular complexity index is 955. The van der Waals surface area contributed by atoms with Crippen molar-refractivity contribution in [3.8, 4) is 11.5 Å². The van der Waals surface area contributed by atoms with Gasteiger partial charge in [-0.15, -0.1) is 0 Å². The van der Waals surface area contributed by atoms with Gasteiger partial charge < -0.3 is 19.0 Å². The minimum Gasteiger partial charge on any atom is -0.497 e. The average molecular weight is 396 g/mol. The van der Waals surface area contributed by atoms with Gasteiger partial charge in [-0.25, -0.2) is 9.78 Å². The number of benzene rings is 2. The lowest BCUT2D eigenvalue weighted by atomic mass is 10.1. The Kier molecular flexibility index (Phi) is 6.51. The lowest BCUT2D eigenvalue weighted by molar-refractivity contribution is 0.0690. The monoisotopic (exact) mass is 396 g/mol. The number of ether oxygens (including phenoxy) is 2. The topological polar surface area (TPSA) is 85.0 Å². The van der Waals surface area contributed by atoms with Crippen LogP contribution in [0.1, 0.15) is 40.5 Å². The number of hydrogen-bond donors (Lipinski definition) is 1. The molecule has 1 heterocycles. The number of carboxylic acids is 1. The van der Waals surface area contributed by atoms with Crippen LogP contribution in [0.3, 0.4) is 0 Å². The third-order valence-electron chi connectivity index (χ3n) is 4.81. The second-order valence-electron chi connectivity index (χ2n) is 6.60. The second-order valence-corrected chi connectivity index (χ2v) is 6.60. The van der Waals surface area contributed by atoms with E-state index in [9.17, 15) is 4.79 Å². The minimum atomic E-state index is -1.11. The Morgan fingerprint density at radius 3 is 2.52 bits per heavy atom. The molecule has 0 saturated carbocycles. The number of aromatic carboxylic acids is 1. The van der Waals surface area contributed by atoms with E-state index in [2.05, 4.69) is 28.9 Å². The van der Waals surface area contributed by atoms with Gasteiger partial charge in [-0.2, -0.15) is 0 Å². The molecule has 0 aliphatic rings. The molecular formula is C22H24N2O5. The van der Waals surface area contributed by atoms with Gasteiger partial charge in [0, 0.05) is 24.2 Å². The standard InChI is InChI=1S/C22H24N2O5/c1-15(16-7-5-4-6-8-16)24(13-21-23-19(14-29-21)22(25)26)12-17-9-10-18(27-2)11-20(17)28-3/h4-11,14-15H,12-13H2,1-3H3,(H,25,26). The fourth-order valence-corrected chi connectivity index (χ4v) is 3.13. The van der Waals surface area contributed by atoms with Crippen molar-refractivity contribution in [1.82, 2.24) is 9.88 Å². The fraction of sp³-hybridized carbons (Fsp3) is 0.273. The number of rotatable bonds is 9. The van der Waals surface area contributed by atoms with E-state index in [4.69, 9.17) is 19.0 Å². The maximum atomic E-state index is 11.1. The quantitative estimate of drug-likeness (QED) is 0.581. The minimum absolute atomic E-state index is 0.0307. The Balaban J connectivity index is 1.90. The van der Waals surface area contributed by atoms with Crippen molar-refractivity contribution in [2.75, 3.05) is 14.2 Å². The van der Waals surface area contributed by atoms with Crippen LogP contribution < -0.4 is 9.47 Å². The van der Waals surface area contributed by atoms with Gasteiger partial charge in [-0.3, -0.25) is 4.90 Å². The molecule has 0 fully saturated rings. The summed E-state index contributed by atoms with van der Waals surface area (Å²) < 4.78 is 16.2. The number of aromatic nitrogens is 1. The first kappa shape index (κ1) is 20.4. The van der Waals surface area contributed by atoms with Crippen LogP contribution in [0.4, 0.5) is 0 Å². The van der Waals surface area contributed by atoms with Crippen LogP contribution in [-0.2, 0) is 13.1 Å². The summed E-state index contributed by atoms with van der Waals surface area (Å²) in [6.07, 6.45) is 1.16. The van der Waals surface area contributed by atoms with E-state index in [-0.39, 0.29) is 11.7 Å². The van der Waals surface area contributed by atoms with Crippen molar-refractivity contribution < 1.29 is 23.8 Å². The first-order chi connectivity index (χ1) is 14.0. The Hall–Kier alpha value is -3.32. The molecule has 29 heavy (non-hydrogen) atoms. The third kappa shape index (κ3) is 4.94.